The molecule has 1 N–H and O–H groups in total. The number of pyridine rings is 2. The van der Waals surface area contributed by atoms with Gasteiger partial charge in [0.2, 0.25) is 0 Å². The summed E-state index contributed by atoms with van der Waals surface area (Å²) in [4.78, 5) is 30.4. The summed E-state index contributed by atoms with van der Waals surface area (Å²) >= 11 is 3.39. The number of aromatic nitrogens is 2. The Morgan fingerprint density at radius 2 is 1.86 bits per heavy atom. The third kappa shape index (κ3) is 3.95. The van der Waals surface area contributed by atoms with Crippen LogP contribution < -0.4 is 10.9 Å². The number of nitrogens with one attached hydrogen (secondary N) is 1. The summed E-state index contributed by atoms with van der Waals surface area (Å²) in [7, 11) is 0. The van der Waals surface area contributed by atoms with Crippen molar-refractivity contribution in [3.63, 3.8) is 0 Å². The molecule has 5 nitrogen and oxygen atoms in total. The minimum atomic E-state index is -0.242. The Labute approximate surface area is 179 Å². The molecule has 0 aliphatic rings. The minimum absolute atomic E-state index is 0.0789. The Hall–Kier alpha value is -2.65. The number of hydrogen-bond acceptors (Lipinski definition) is 4. The second-order valence-electron chi connectivity index (χ2n) is 5.96. The zero-order chi connectivity index (χ0) is 19.5. The van der Waals surface area contributed by atoms with Crippen LogP contribution in [-0.4, -0.2) is 13.7 Å². The first-order valence-electron chi connectivity index (χ1n) is 8.43. The Morgan fingerprint density at radius 3 is 2.68 bits per heavy atom. The highest BCUT2D eigenvalue weighted by molar-refractivity contribution is 14.1. The number of benzene rings is 2. The molecule has 0 aliphatic heterocycles. The van der Waals surface area contributed by atoms with E-state index in [9.17, 15) is 9.59 Å². The molecule has 4 rings (SSSR count). The van der Waals surface area contributed by atoms with Crippen molar-refractivity contribution in [3.8, 4) is 0 Å². The molecule has 2 heterocycles. The van der Waals surface area contributed by atoms with Gasteiger partial charge in [0, 0.05) is 28.4 Å². The van der Waals surface area contributed by atoms with E-state index in [0.29, 0.717) is 21.7 Å². The molecule has 2 aromatic carbocycles. The molecule has 2 aromatic heterocycles. The highest BCUT2D eigenvalue weighted by Crippen LogP contribution is 2.29. The van der Waals surface area contributed by atoms with Crippen molar-refractivity contribution < 1.29 is 4.79 Å². The molecule has 0 spiro atoms. The fraction of sp³-hybridized carbons (Fsp3) is 0. The molecule has 28 heavy (non-hydrogen) atoms. The molecule has 0 saturated carbocycles. The Kier molecular flexibility index (Phi) is 5.45. The fourth-order valence-electron chi connectivity index (χ4n) is 2.75. The van der Waals surface area contributed by atoms with Crippen LogP contribution in [0.4, 0.5) is 5.69 Å². The van der Waals surface area contributed by atoms with E-state index in [1.165, 1.54) is 14.5 Å². The monoisotopic (exact) mass is 499 g/mol. The first-order valence-corrected chi connectivity index (χ1v) is 10.2. The number of nitrogens with zero attached hydrogens (tertiary/aromatic N) is 2. The first kappa shape index (κ1) is 18.7. The molecular formula is C21H14IN3O2S. The van der Waals surface area contributed by atoms with Crippen LogP contribution >= 0.6 is 34.6 Å². The van der Waals surface area contributed by atoms with Crippen molar-refractivity contribution in [2.75, 3.05) is 5.32 Å². The van der Waals surface area contributed by atoms with Crippen LogP contribution in [0.5, 0.6) is 0 Å². The molecule has 1 amide bonds. The number of halogens is 1. The van der Waals surface area contributed by atoms with E-state index in [4.69, 9.17) is 0 Å². The van der Waals surface area contributed by atoms with Crippen molar-refractivity contribution in [1.82, 2.24) is 7.76 Å². The number of amides is 1. The Bertz CT molecular complexity index is 1230. The van der Waals surface area contributed by atoms with E-state index in [1.807, 2.05) is 59.3 Å². The normalized spacial score (nSPS) is 10.8. The van der Waals surface area contributed by atoms with Gasteiger partial charge >= 0.3 is 0 Å². The standard InChI is InChI=1S/C21H14IN3O2S/c22-25-12-10-14-13-15(8-9-17(14)21(25)27)24-19(26)18-7-4-11-23-20(18)28-16-5-2-1-3-6-16/h1-13H,(H,24,26). The van der Waals surface area contributed by atoms with Crippen molar-refractivity contribution in [3.05, 3.63) is 95.0 Å². The SMILES string of the molecule is O=C(Nc1ccc2c(=O)n(I)ccc2c1)c1cccnc1Sc1ccccc1. The van der Waals surface area contributed by atoms with Gasteiger partial charge in [0.05, 0.1) is 28.4 Å². The fourth-order valence-corrected chi connectivity index (χ4v) is 4.07. The zero-order valence-corrected chi connectivity index (χ0v) is 17.5. The van der Waals surface area contributed by atoms with E-state index in [1.54, 1.807) is 42.7 Å². The van der Waals surface area contributed by atoms with Gasteiger partial charge in [-0.15, -0.1) is 0 Å². The predicted molar refractivity (Wildman–Crippen MR) is 120 cm³/mol. The highest BCUT2D eigenvalue weighted by Gasteiger charge is 2.14. The van der Waals surface area contributed by atoms with Gasteiger partial charge in [0.25, 0.3) is 11.5 Å². The minimum Gasteiger partial charge on any atom is -0.322 e. The lowest BCUT2D eigenvalue weighted by Crippen LogP contribution is -2.14. The maximum absolute atomic E-state index is 12.9. The van der Waals surface area contributed by atoms with Crippen molar-refractivity contribution in [2.45, 2.75) is 9.92 Å². The van der Waals surface area contributed by atoms with Crippen molar-refractivity contribution in [1.29, 1.82) is 0 Å². The summed E-state index contributed by atoms with van der Waals surface area (Å²) < 4.78 is 1.50. The van der Waals surface area contributed by atoms with Gasteiger partial charge in [-0.1, -0.05) is 30.0 Å². The van der Waals surface area contributed by atoms with Crippen LogP contribution in [0.3, 0.4) is 0 Å². The predicted octanol–water partition coefficient (Wildman–Crippen LogP) is 5.00. The molecule has 0 bridgehead atoms. The lowest BCUT2D eigenvalue weighted by molar-refractivity contribution is 0.102. The second-order valence-corrected chi connectivity index (χ2v) is 8.06. The van der Waals surface area contributed by atoms with E-state index >= 15 is 0 Å². The first-order chi connectivity index (χ1) is 13.6. The smallest absolute Gasteiger partial charge is 0.267 e. The van der Waals surface area contributed by atoms with Crippen molar-refractivity contribution >= 4 is 57.0 Å². The molecule has 0 atom stereocenters. The van der Waals surface area contributed by atoms with Crippen molar-refractivity contribution in [2.24, 2.45) is 0 Å². The maximum Gasteiger partial charge on any atom is 0.267 e. The van der Waals surface area contributed by atoms with Gasteiger partial charge in [0.15, 0.2) is 0 Å². The second kappa shape index (κ2) is 8.15. The van der Waals surface area contributed by atoms with Crippen LogP contribution in [0.2, 0.25) is 0 Å². The maximum atomic E-state index is 12.9. The number of anilines is 1. The molecular weight excluding hydrogens is 485 g/mol. The third-order valence-corrected chi connectivity index (χ3v) is 5.88. The molecule has 0 unspecified atom stereocenters. The topological polar surface area (TPSA) is 64.0 Å². The molecule has 138 valence electrons. The highest BCUT2D eigenvalue weighted by atomic mass is 127. The van der Waals surface area contributed by atoms with Gasteiger partial charge in [-0.05, 0) is 53.9 Å². The van der Waals surface area contributed by atoms with Crippen LogP contribution in [0.1, 0.15) is 10.4 Å². The van der Waals surface area contributed by atoms with Crippen LogP contribution in [-0.2, 0) is 0 Å². The molecule has 7 heteroatoms. The van der Waals surface area contributed by atoms with Gasteiger partial charge in [-0.25, -0.2) is 4.98 Å². The van der Waals surface area contributed by atoms with Crippen LogP contribution in [0.25, 0.3) is 10.8 Å². The number of hydrogen-bond donors (Lipinski definition) is 1. The average Bonchev–Trinajstić information content (AvgIpc) is 2.72. The zero-order valence-electron chi connectivity index (χ0n) is 14.5. The number of fused-ring (bicyclic) bond motifs is 1. The van der Waals surface area contributed by atoms with Gasteiger partial charge in [0.1, 0.15) is 5.03 Å². The summed E-state index contributed by atoms with van der Waals surface area (Å²) in [6.45, 7) is 0. The number of carbonyl (C=O) groups is 1. The summed E-state index contributed by atoms with van der Waals surface area (Å²) in [5.74, 6) is -0.242. The molecule has 4 aromatic rings. The molecule has 0 aliphatic carbocycles. The molecule has 0 radical (unpaired) electrons. The summed E-state index contributed by atoms with van der Waals surface area (Å²) in [6.07, 6.45) is 3.37. The quantitative estimate of drug-likeness (QED) is 0.402. The van der Waals surface area contributed by atoms with E-state index < -0.39 is 0 Å². The number of carbonyl (C=O) groups excluding carboxylic acids is 1. The lowest BCUT2D eigenvalue weighted by Gasteiger charge is -2.10. The largest absolute Gasteiger partial charge is 0.322 e. The van der Waals surface area contributed by atoms with Gasteiger partial charge in [-0.3, -0.25) is 12.4 Å². The van der Waals surface area contributed by atoms with Crippen LogP contribution in [0, 0.1) is 0 Å². The van der Waals surface area contributed by atoms with Gasteiger partial charge in [-0.2, -0.15) is 0 Å². The summed E-state index contributed by atoms with van der Waals surface area (Å²) in [5.41, 5.74) is 1.05. The summed E-state index contributed by atoms with van der Waals surface area (Å²) in [5, 5.41) is 4.93. The van der Waals surface area contributed by atoms with E-state index in [0.717, 1.165) is 10.3 Å². The van der Waals surface area contributed by atoms with Crippen LogP contribution in [0.15, 0.2) is 93.8 Å². The Morgan fingerprint density at radius 1 is 1.04 bits per heavy atom. The Balaban J connectivity index is 1.61. The van der Waals surface area contributed by atoms with E-state index in [-0.39, 0.29) is 11.5 Å². The average molecular weight is 499 g/mol. The van der Waals surface area contributed by atoms with Gasteiger partial charge < -0.3 is 5.32 Å². The third-order valence-electron chi connectivity index (χ3n) is 4.09. The molecule has 0 saturated heterocycles. The van der Waals surface area contributed by atoms with E-state index in [2.05, 4.69) is 10.3 Å². The molecule has 0 fully saturated rings. The summed E-state index contributed by atoms with van der Waals surface area (Å²) in [6, 6.07) is 20.4. The number of rotatable bonds is 4. The lowest BCUT2D eigenvalue weighted by atomic mass is 10.1.